The van der Waals surface area contributed by atoms with E-state index < -0.39 is 0 Å². The van der Waals surface area contributed by atoms with Gasteiger partial charge in [0.15, 0.2) is 0 Å². The lowest BCUT2D eigenvalue weighted by atomic mass is 9.73. The molecule has 1 nitrogen and oxygen atoms in total. The molecular formula is C17H21ClIN. The van der Waals surface area contributed by atoms with Crippen molar-refractivity contribution in [3.63, 3.8) is 0 Å². The average Bonchev–Trinajstić information content (AvgIpc) is 2.69. The molecule has 0 amide bonds. The number of allylic oxidation sites excluding steroid dienone is 2. The molecule has 1 saturated carbocycles. The van der Waals surface area contributed by atoms with Crippen LogP contribution in [0.1, 0.15) is 33.1 Å². The van der Waals surface area contributed by atoms with Crippen LogP contribution in [0.15, 0.2) is 30.0 Å². The highest BCUT2D eigenvalue weighted by molar-refractivity contribution is 14.1. The highest BCUT2D eigenvalue weighted by Crippen LogP contribution is 2.47. The number of hydrogen-bond donors (Lipinski definition) is 1. The van der Waals surface area contributed by atoms with E-state index in [2.05, 4.69) is 60.0 Å². The summed E-state index contributed by atoms with van der Waals surface area (Å²) in [7, 11) is 0. The van der Waals surface area contributed by atoms with Crippen molar-refractivity contribution in [3.05, 3.63) is 38.6 Å². The molecule has 3 rings (SSSR count). The number of anilines is 1. The van der Waals surface area contributed by atoms with Gasteiger partial charge in [-0.25, -0.2) is 0 Å². The summed E-state index contributed by atoms with van der Waals surface area (Å²) >= 11 is 8.65. The van der Waals surface area contributed by atoms with Crippen LogP contribution in [0.2, 0.25) is 5.02 Å². The van der Waals surface area contributed by atoms with E-state index >= 15 is 0 Å². The maximum absolute atomic E-state index is 6.35. The fourth-order valence-electron chi connectivity index (χ4n) is 3.80. The second kappa shape index (κ2) is 5.88. The van der Waals surface area contributed by atoms with E-state index in [4.69, 9.17) is 11.6 Å². The van der Waals surface area contributed by atoms with Gasteiger partial charge < -0.3 is 5.32 Å². The van der Waals surface area contributed by atoms with Crippen LogP contribution >= 0.6 is 34.2 Å². The Bertz CT molecular complexity index is 540. The van der Waals surface area contributed by atoms with E-state index in [0.717, 1.165) is 22.5 Å². The molecule has 2 aliphatic carbocycles. The Morgan fingerprint density at radius 2 is 2.05 bits per heavy atom. The smallest absolute Gasteiger partial charge is 0.0651 e. The molecule has 0 heterocycles. The van der Waals surface area contributed by atoms with Gasteiger partial charge in [0, 0.05) is 15.2 Å². The lowest BCUT2D eigenvalue weighted by Gasteiger charge is -2.34. The third kappa shape index (κ3) is 2.87. The zero-order chi connectivity index (χ0) is 14.3. The molecule has 2 aliphatic rings. The zero-order valence-electron chi connectivity index (χ0n) is 12.0. The van der Waals surface area contributed by atoms with Crippen LogP contribution in [0.3, 0.4) is 0 Å². The first-order valence-electron chi connectivity index (χ1n) is 7.48. The first-order valence-corrected chi connectivity index (χ1v) is 8.94. The van der Waals surface area contributed by atoms with Gasteiger partial charge in [-0.2, -0.15) is 0 Å². The number of fused-ring (bicyclic) bond motifs is 1. The SMILES string of the molecule is CC1C=C(Nc2ccc(I)cc2Cl)[C@@H]2C[C@H](C)CC[C@@H]12. The Morgan fingerprint density at radius 3 is 2.80 bits per heavy atom. The second-order valence-electron chi connectivity index (χ2n) is 6.42. The van der Waals surface area contributed by atoms with Crippen molar-refractivity contribution in [2.24, 2.45) is 23.7 Å². The van der Waals surface area contributed by atoms with Gasteiger partial charge in [-0.3, -0.25) is 0 Å². The van der Waals surface area contributed by atoms with Gasteiger partial charge in [0.25, 0.3) is 0 Å². The molecule has 0 radical (unpaired) electrons. The molecule has 0 bridgehead atoms. The summed E-state index contributed by atoms with van der Waals surface area (Å²) in [5, 5.41) is 4.43. The van der Waals surface area contributed by atoms with E-state index in [1.54, 1.807) is 0 Å². The summed E-state index contributed by atoms with van der Waals surface area (Å²) in [4.78, 5) is 0. The van der Waals surface area contributed by atoms with Crippen LogP contribution < -0.4 is 5.32 Å². The normalized spacial score (nSPS) is 32.7. The molecule has 108 valence electrons. The van der Waals surface area contributed by atoms with E-state index in [1.807, 2.05) is 6.07 Å². The van der Waals surface area contributed by atoms with Crippen LogP contribution in [0.5, 0.6) is 0 Å². The standard InChI is InChI=1S/C17H21ClIN/c1-10-3-5-13-11(2)8-17(14(13)7-10)20-16-6-4-12(19)9-15(16)18/h4,6,8-11,13-14,20H,3,5,7H2,1-2H3/t10-,11?,13+,14-/m1/s1. The molecule has 1 fully saturated rings. The Kier molecular flexibility index (Phi) is 4.32. The minimum Gasteiger partial charge on any atom is -0.358 e. The Balaban J connectivity index is 1.81. The highest BCUT2D eigenvalue weighted by Gasteiger charge is 2.38. The topological polar surface area (TPSA) is 12.0 Å². The van der Waals surface area contributed by atoms with Gasteiger partial charge >= 0.3 is 0 Å². The summed E-state index contributed by atoms with van der Waals surface area (Å²) in [5.41, 5.74) is 2.45. The second-order valence-corrected chi connectivity index (χ2v) is 8.07. The quantitative estimate of drug-likeness (QED) is 0.604. The fraction of sp³-hybridized carbons (Fsp3) is 0.529. The van der Waals surface area contributed by atoms with Crippen molar-refractivity contribution in [2.75, 3.05) is 5.32 Å². The van der Waals surface area contributed by atoms with Crippen LogP contribution in [-0.4, -0.2) is 0 Å². The van der Waals surface area contributed by atoms with E-state index in [0.29, 0.717) is 11.8 Å². The van der Waals surface area contributed by atoms with Gasteiger partial charge in [0.05, 0.1) is 10.7 Å². The zero-order valence-corrected chi connectivity index (χ0v) is 14.9. The number of halogens is 2. The van der Waals surface area contributed by atoms with Crippen LogP contribution in [-0.2, 0) is 0 Å². The Morgan fingerprint density at radius 1 is 1.25 bits per heavy atom. The van der Waals surface area contributed by atoms with Gasteiger partial charge in [-0.15, -0.1) is 0 Å². The maximum Gasteiger partial charge on any atom is 0.0651 e. The molecule has 20 heavy (non-hydrogen) atoms. The van der Waals surface area contributed by atoms with Crippen LogP contribution in [0.4, 0.5) is 5.69 Å². The minimum absolute atomic E-state index is 0.692. The van der Waals surface area contributed by atoms with E-state index in [1.165, 1.54) is 28.5 Å². The van der Waals surface area contributed by atoms with E-state index in [9.17, 15) is 0 Å². The lowest BCUT2D eigenvalue weighted by Crippen LogP contribution is -2.26. The third-order valence-corrected chi connectivity index (χ3v) is 5.88. The monoisotopic (exact) mass is 401 g/mol. The summed E-state index contributed by atoms with van der Waals surface area (Å²) in [6.45, 7) is 4.74. The average molecular weight is 402 g/mol. The first-order chi connectivity index (χ1) is 9.54. The molecule has 4 atom stereocenters. The molecule has 0 aromatic heterocycles. The van der Waals surface area contributed by atoms with Crippen molar-refractivity contribution in [1.82, 2.24) is 0 Å². The minimum atomic E-state index is 0.692. The van der Waals surface area contributed by atoms with Crippen molar-refractivity contribution in [3.8, 4) is 0 Å². The van der Waals surface area contributed by atoms with Crippen LogP contribution in [0, 0.1) is 27.2 Å². The summed E-state index contributed by atoms with van der Waals surface area (Å²) in [5.74, 6) is 3.07. The third-order valence-electron chi connectivity index (χ3n) is 4.89. The van der Waals surface area contributed by atoms with Crippen molar-refractivity contribution in [1.29, 1.82) is 0 Å². The number of nitrogens with one attached hydrogen (secondary N) is 1. The molecule has 0 saturated heterocycles. The van der Waals surface area contributed by atoms with Gasteiger partial charge in [-0.1, -0.05) is 37.9 Å². The Labute approximate surface area is 140 Å². The van der Waals surface area contributed by atoms with Gasteiger partial charge in [-0.05, 0) is 71.4 Å². The molecule has 1 unspecified atom stereocenters. The molecule has 3 heteroatoms. The predicted octanol–water partition coefficient (Wildman–Crippen LogP) is 5.94. The molecular weight excluding hydrogens is 381 g/mol. The highest BCUT2D eigenvalue weighted by atomic mass is 127. The van der Waals surface area contributed by atoms with Gasteiger partial charge in [0.1, 0.15) is 0 Å². The Hall–Kier alpha value is -0.220. The summed E-state index contributed by atoms with van der Waals surface area (Å²) < 4.78 is 1.18. The molecule has 0 aliphatic heterocycles. The largest absolute Gasteiger partial charge is 0.358 e. The van der Waals surface area contributed by atoms with E-state index in [-0.39, 0.29) is 0 Å². The molecule has 1 aromatic rings. The summed E-state index contributed by atoms with van der Waals surface area (Å²) in [6, 6.07) is 6.22. The molecule has 1 aromatic carbocycles. The lowest BCUT2D eigenvalue weighted by molar-refractivity contribution is 0.203. The van der Waals surface area contributed by atoms with Crippen molar-refractivity contribution < 1.29 is 0 Å². The first kappa shape index (κ1) is 14.7. The van der Waals surface area contributed by atoms with Crippen molar-refractivity contribution in [2.45, 2.75) is 33.1 Å². The molecule has 1 N–H and O–H groups in total. The maximum atomic E-state index is 6.35. The van der Waals surface area contributed by atoms with Crippen molar-refractivity contribution >= 4 is 39.9 Å². The number of benzene rings is 1. The molecule has 0 spiro atoms. The predicted molar refractivity (Wildman–Crippen MR) is 95.0 cm³/mol. The van der Waals surface area contributed by atoms with Gasteiger partial charge in [0.2, 0.25) is 0 Å². The fourth-order valence-corrected chi connectivity index (χ4v) is 4.71. The number of rotatable bonds is 2. The summed E-state index contributed by atoms with van der Waals surface area (Å²) in [6.07, 6.45) is 6.50. The van der Waals surface area contributed by atoms with Crippen LogP contribution in [0.25, 0.3) is 0 Å². The number of hydrogen-bond acceptors (Lipinski definition) is 1.